The molecule has 3 rings (SSSR count). The second kappa shape index (κ2) is 5.42. The van der Waals surface area contributed by atoms with Crippen molar-refractivity contribution in [2.24, 2.45) is 0 Å². The minimum Gasteiger partial charge on any atom is -0.236 e. The van der Waals surface area contributed by atoms with Gasteiger partial charge in [-0.05, 0) is 24.3 Å². The number of aromatic nitrogens is 1. The van der Waals surface area contributed by atoms with E-state index < -0.39 is 11.6 Å². The molecule has 0 spiro atoms. The minimum atomic E-state index is -0.473. The smallest absolute Gasteiger partial charge is 0.133 e. The van der Waals surface area contributed by atoms with Gasteiger partial charge in [-0.25, -0.2) is 13.8 Å². The summed E-state index contributed by atoms with van der Waals surface area (Å²) in [5.41, 5.74) is 1.85. The van der Waals surface area contributed by atoms with Gasteiger partial charge in [0.25, 0.3) is 0 Å². The summed E-state index contributed by atoms with van der Waals surface area (Å²) in [6.07, 6.45) is 0. The van der Waals surface area contributed by atoms with Crippen molar-refractivity contribution in [3.63, 3.8) is 0 Å². The van der Waals surface area contributed by atoms with E-state index in [-0.39, 0.29) is 5.56 Å². The van der Waals surface area contributed by atoms with E-state index >= 15 is 0 Å². The van der Waals surface area contributed by atoms with Crippen molar-refractivity contribution in [2.75, 3.05) is 0 Å². The topological polar surface area (TPSA) is 12.9 Å². The Morgan fingerprint density at radius 3 is 2.60 bits per heavy atom. The monoisotopic (exact) mass is 351 g/mol. The first-order chi connectivity index (χ1) is 9.65. The van der Waals surface area contributed by atoms with Crippen molar-refractivity contribution < 1.29 is 8.78 Å². The van der Waals surface area contributed by atoms with E-state index in [4.69, 9.17) is 0 Å². The zero-order chi connectivity index (χ0) is 14.1. The van der Waals surface area contributed by atoms with E-state index in [9.17, 15) is 8.78 Å². The zero-order valence-electron chi connectivity index (χ0n) is 10.1. The van der Waals surface area contributed by atoms with Crippen molar-refractivity contribution >= 4 is 27.3 Å². The molecule has 2 aromatic carbocycles. The first kappa shape index (κ1) is 13.4. The Hall–Kier alpha value is -1.59. The molecule has 0 saturated heterocycles. The Bertz CT molecular complexity index is 770. The highest BCUT2D eigenvalue weighted by molar-refractivity contribution is 9.10. The van der Waals surface area contributed by atoms with Crippen LogP contribution in [0.1, 0.15) is 0 Å². The van der Waals surface area contributed by atoms with Gasteiger partial charge in [0.1, 0.15) is 16.6 Å². The van der Waals surface area contributed by atoms with Crippen molar-refractivity contribution in [2.45, 2.75) is 0 Å². The number of hydrogen-bond donors (Lipinski definition) is 0. The zero-order valence-corrected chi connectivity index (χ0v) is 12.5. The number of halogens is 3. The molecule has 0 atom stereocenters. The predicted molar refractivity (Wildman–Crippen MR) is 80.6 cm³/mol. The van der Waals surface area contributed by atoms with Gasteiger partial charge in [0.05, 0.1) is 5.69 Å². The Morgan fingerprint density at radius 2 is 1.80 bits per heavy atom. The molecule has 0 fully saturated rings. The average molecular weight is 352 g/mol. The van der Waals surface area contributed by atoms with Crippen LogP contribution in [0.5, 0.6) is 0 Å². The quantitative estimate of drug-likeness (QED) is 0.592. The highest BCUT2D eigenvalue weighted by Gasteiger charge is 2.13. The van der Waals surface area contributed by atoms with Crippen LogP contribution in [0.3, 0.4) is 0 Å². The maximum atomic E-state index is 13.7. The van der Waals surface area contributed by atoms with Crippen LogP contribution in [-0.2, 0) is 0 Å². The number of thiazole rings is 1. The minimum absolute atomic E-state index is 0.188. The fourth-order valence-electron chi connectivity index (χ4n) is 1.85. The normalized spacial score (nSPS) is 10.8. The summed E-state index contributed by atoms with van der Waals surface area (Å²) < 4.78 is 27.9. The van der Waals surface area contributed by atoms with Gasteiger partial charge in [0.15, 0.2) is 0 Å². The van der Waals surface area contributed by atoms with Crippen LogP contribution in [0.15, 0.2) is 52.3 Å². The molecule has 0 aliphatic rings. The lowest BCUT2D eigenvalue weighted by molar-refractivity contribution is 0.603. The molecule has 1 heterocycles. The molecule has 3 aromatic rings. The fraction of sp³-hybridized carbons (Fsp3) is 0. The third-order valence-corrected chi connectivity index (χ3v) is 4.38. The van der Waals surface area contributed by atoms with Crippen LogP contribution in [0.4, 0.5) is 8.78 Å². The van der Waals surface area contributed by atoms with E-state index in [0.717, 1.165) is 33.9 Å². The highest BCUT2D eigenvalue weighted by atomic mass is 79.9. The molecular formula is C15H8BrF2NS. The Labute approximate surface area is 127 Å². The summed E-state index contributed by atoms with van der Waals surface area (Å²) in [6.45, 7) is 0. The van der Waals surface area contributed by atoms with Crippen LogP contribution in [0.25, 0.3) is 21.8 Å². The second-order valence-corrected chi connectivity index (χ2v) is 5.85. The maximum absolute atomic E-state index is 13.7. The second-order valence-electron chi connectivity index (χ2n) is 4.14. The lowest BCUT2D eigenvalue weighted by Gasteiger charge is -2.00. The number of rotatable bonds is 2. The molecule has 0 aliphatic carbocycles. The third-order valence-electron chi connectivity index (χ3n) is 2.81. The van der Waals surface area contributed by atoms with Crippen LogP contribution < -0.4 is 0 Å². The molecule has 1 aromatic heterocycles. The molecule has 0 N–H and O–H groups in total. The van der Waals surface area contributed by atoms with Gasteiger partial charge in [-0.15, -0.1) is 11.3 Å². The van der Waals surface area contributed by atoms with Crippen molar-refractivity contribution in [3.8, 4) is 21.8 Å². The summed E-state index contributed by atoms with van der Waals surface area (Å²) in [4.78, 5) is 4.40. The van der Waals surface area contributed by atoms with Gasteiger partial charge in [0, 0.05) is 21.0 Å². The van der Waals surface area contributed by atoms with Gasteiger partial charge >= 0.3 is 0 Å². The van der Waals surface area contributed by atoms with Gasteiger partial charge < -0.3 is 0 Å². The summed E-state index contributed by atoms with van der Waals surface area (Å²) in [6, 6.07) is 11.0. The first-order valence-corrected chi connectivity index (χ1v) is 7.48. The fourth-order valence-corrected chi connectivity index (χ4v) is 3.18. The molecule has 0 bridgehead atoms. The molecule has 100 valence electrons. The predicted octanol–water partition coefficient (Wildman–Crippen LogP) is 5.52. The molecular weight excluding hydrogens is 344 g/mol. The largest absolute Gasteiger partial charge is 0.236 e. The molecule has 5 heteroatoms. The molecule has 0 radical (unpaired) electrons. The molecule has 0 unspecified atom stereocenters. The van der Waals surface area contributed by atoms with Crippen molar-refractivity contribution in [1.29, 1.82) is 0 Å². The number of benzene rings is 2. The van der Waals surface area contributed by atoms with Gasteiger partial charge in [0.2, 0.25) is 0 Å². The lowest BCUT2D eigenvalue weighted by Crippen LogP contribution is -1.86. The summed E-state index contributed by atoms with van der Waals surface area (Å²) in [7, 11) is 0. The molecule has 0 amide bonds. The van der Waals surface area contributed by atoms with Gasteiger partial charge in [-0.1, -0.05) is 34.1 Å². The number of hydrogen-bond acceptors (Lipinski definition) is 2. The van der Waals surface area contributed by atoms with Crippen molar-refractivity contribution in [1.82, 2.24) is 4.98 Å². The molecule has 1 nitrogen and oxygen atoms in total. The summed E-state index contributed by atoms with van der Waals surface area (Å²) in [5, 5.41) is 2.30. The van der Waals surface area contributed by atoms with Gasteiger partial charge in [-0.3, -0.25) is 0 Å². The Kier molecular flexibility index (Phi) is 3.63. The Morgan fingerprint density at radius 1 is 1.00 bits per heavy atom. The summed E-state index contributed by atoms with van der Waals surface area (Å²) >= 11 is 4.75. The van der Waals surface area contributed by atoms with Crippen molar-refractivity contribution in [3.05, 3.63) is 64.0 Å². The van der Waals surface area contributed by atoms with Crippen LogP contribution in [-0.4, -0.2) is 4.98 Å². The van der Waals surface area contributed by atoms with Crippen LogP contribution >= 0.6 is 27.3 Å². The first-order valence-electron chi connectivity index (χ1n) is 5.81. The van der Waals surface area contributed by atoms with E-state index in [1.807, 2.05) is 29.6 Å². The lowest BCUT2D eigenvalue weighted by atomic mass is 10.2. The average Bonchev–Trinajstić information content (AvgIpc) is 2.91. The summed E-state index contributed by atoms with van der Waals surface area (Å²) in [5.74, 6) is -0.946. The standard InChI is InChI=1S/C15H8BrF2NS/c16-12-4-2-1-3-10(12)14-8-20-15(19-14)11-7-9(17)5-6-13(11)18/h1-8H. The SMILES string of the molecule is Fc1ccc(F)c(-c2nc(-c3ccccc3Br)cs2)c1. The van der Waals surface area contributed by atoms with E-state index in [2.05, 4.69) is 20.9 Å². The van der Waals surface area contributed by atoms with Crippen LogP contribution in [0.2, 0.25) is 0 Å². The van der Waals surface area contributed by atoms with Crippen LogP contribution in [0, 0.1) is 11.6 Å². The van der Waals surface area contributed by atoms with E-state index in [0.29, 0.717) is 5.01 Å². The van der Waals surface area contributed by atoms with Gasteiger partial charge in [-0.2, -0.15) is 0 Å². The number of nitrogens with zero attached hydrogens (tertiary/aromatic N) is 1. The highest BCUT2D eigenvalue weighted by Crippen LogP contribution is 2.33. The molecule has 20 heavy (non-hydrogen) atoms. The van der Waals surface area contributed by atoms with E-state index in [1.54, 1.807) is 0 Å². The Balaban J connectivity index is 2.07. The van der Waals surface area contributed by atoms with E-state index in [1.165, 1.54) is 11.3 Å². The molecule has 0 saturated carbocycles. The molecule has 0 aliphatic heterocycles. The maximum Gasteiger partial charge on any atom is 0.133 e. The third kappa shape index (κ3) is 2.51.